The van der Waals surface area contributed by atoms with Crippen LogP contribution in [0.25, 0.3) is 0 Å². The molecule has 0 saturated heterocycles. The summed E-state index contributed by atoms with van der Waals surface area (Å²) in [4.78, 5) is 0. The second-order valence-electron chi connectivity index (χ2n) is 3.42. The van der Waals surface area contributed by atoms with Crippen LogP contribution in [0.1, 0.15) is 17.0 Å². The monoisotopic (exact) mass is 180 g/mol. The fourth-order valence-electron chi connectivity index (χ4n) is 1.84. The molecule has 1 aliphatic heterocycles. The second-order valence-corrected chi connectivity index (χ2v) is 3.42. The molecular weight excluding hydrogens is 164 g/mol. The lowest BCUT2D eigenvalue weighted by molar-refractivity contribution is 0.699. The Kier molecular flexibility index (Phi) is 2.61. The summed E-state index contributed by atoms with van der Waals surface area (Å²) in [6.45, 7) is 2.80. The molecule has 0 atom stereocenters. The lowest BCUT2D eigenvalue weighted by Crippen LogP contribution is -2.17. The number of nitrogens with zero attached hydrogens (tertiary/aromatic N) is 1. The van der Waals surface area contributed by atoms with Crippen molar-refractivity contribution in [2.45, 2.75) is 19.3 Å². The first-order valence-electron chi connectivity index (χ1n) is 4.87. The van der Waals surface area contributed by atoms with E-state index >= 15 is 0 Å². The van der Waals surface area contributed by atoms with Crippen LogP contribution in [0.4, 0.5) is 0 Å². The molecule has 13 heavy (non-hydrogen) atoms. The molecule has 0 fully saturated rings. The van der Waals surface area contributed by atoms with Gasteiger partial charge in [0.25, 0.3) is 0 Å². The van der Waals surface area contributed by atoms with Crippen LogP contribution in [0.3, 0.4) is 0 Å². The van der Waals surface area contributed by atoms with Gasteiger partial charge in [0.05, 0.1) is 5.69 Å². The van der Waals surface area contributed by atoms with Crippen molar-refractivity contribution in [2.75, 3.05) is 19.6 Å². The normalized spacial score (nSPS) is 16.7. The first-order chi connectivity index (χ1) is 6.42. The molecule has 0 saturated carbocycles. The van der Waals surface area contributed by atoms with E-state index in [9.17, 15) is 0 Å². The molecule has 72 valence electrons. The molecule has 0 spiro atoms. The van der Waals surface area contributed by atoms with Crippen LogP contribution < -0.4 is 11.1 Å². The minimum absolute atomic E-state index is 0.685. The average molecular weight is 180 g/mol. The molecule has 1 aromatic heterocycles. The highest BCUT2D eigenvalue weighted by Crippen LogP contribution is 2.14. The first-order valence-corrected chi connectivity index (χ1v) is 4.87. The molecule has 1 aliphatic rings. The summed E-state index contributed by atoms with van der Waals surface area (Å²) >= 11 is 0. The van der Waals surface area contributed by atoms with Gasteiger partial charge in [-0.3, -0.25) is 5.10 Å². The van der Waals surface area contributed by atoms with E-state index in [-0.39, 0.29) is 0 Å². The van der Waals surface area contributed by atoms with Gasteiger partial charge in [0.2, 0.25) is 0 Å². The summed E-state index contributed by atoms with van der Waals surface area (Å²) in [5, 5.41) is 10.8. The molecular formula is C9H16N4. The van der Waals surface area contributed by atoms with Crippen molar-refractivity contribution < 1.29 is 0 Å². The maximum Gasteiger partial charge on any atom is 0.0670 e. The first kappa shape index (κ1) is 8.72. The van der Waals surface area contributed by atoms with Crippen molar-refractivity contribution in [3.05, 3.63) is 17.0 Å². The van der Waals surface area contributed by atoms with Gasteiger partial charge in [-0.2, -0.15) is 5.10 Å². The summed E-state index contributed by atoms with van der Waals surface area (Å²) in [7, 11) is 0. The minimum atomic E-state index is 0.685. The van der Waals surface area contributed by atoms with Crippen LogP contribution in [-0.2, 0) is 19.3 Å². The zero-order chi connectivity index (χ0) is 9.10. The molecule has 2 rings (SSSR count). The fraction of sp³-hybridized carbons (Fsp3) is 0.667. The van der Waals surface area contributed by atoms with E-state index in [1.165, 1.54) is 17.0 Å². The predicted molar refractivity (Wildman–Crippen MR) is 51.6 cm³/mol. The maximum atomic E-state index is 5.52. The fourth-order valence-corrected chi connectivity index (χ4v) is 1.84. The van der Waals surface area contributed by atoms with Gasteiger partial charge in [-0.1, -0.05) is 0 Å². The molecule has 4 N–H and O–H groups in total. The number of nitrogens with one attached hydrogen (secondary N) is 2. The Hall–Kier alpha value is -0.870. The Morgan fingerprint density at radius 3 is 3.00 bits per heavy atom. The molecule has 0 aromatic carbocycles. The molecule has 2 heterocycles. The van der Waals surface area contributed by atoms with E-state index in [0.29, 0.717) is 6.54 Å². The number of fused-ring (bicyclic) bond motifs is 1. The summed E-state index contributed by atoms with van der Waals surface area (Å²) in [5.41, 5.74) is 9.39. The largest absolute Gasteiger partial charge is 0.330 e. The van der Waals surface area contributed by atoms with Crippen molar-refractivity contribution in [1.29, 1.82) is 0 Å². The highest BCUT2D eigenvalue weighted by molar-refractivity contribution is 5.27. The molecule has 0 unspecified atom stereocenters. The van der Waals surface area contributed by atoms with Crippen molar-refractivity contribution in [1.82, 2.24) is 15.5 Å². The lowest BCUT2D eigenvalue weighted by atomic mass is 10.1. The average Bonchev–Trinajstić information content (AvgIpc) is 2.38. The zero-order valence-corrected chi connectivity index (χ0v) is 7.77. The SMILES string of the molecule is NCCc1n[nH]c2c1CCNCC2. The van der Waals surface area contributed by atoms with Gasteiger partial charge in [0, 0.05) is 25.1 Å². The Labute approximate surface area is 77.9 Å². The quantitative estimate of drug-likeness (QED) is 0.580. The van der Waals surface area contributed by atoms with Crippen molar-refractivity contribution in [3.8, 4) is 0 Å². The Balaban J connectivity index is 2.23. The molecule has 4 heteroatoms. The Bertz CT molecular complexity index is 279. The van der Waals surface area contributed by atoms with Gasteiger partial charge in [0.15, 0.2) is 0 Å². The molecule has 0 bridgehead atoms. The topological polar surface area (TPSA) is 66.7 Å². The van der Waals surface area contributed by atoms with Crippen molar-refractivity contribution in [2.24, 2.45) is 5.73 Å². The van der Waals surface area contributed by atoms with E-state index in [1.54, 1.807) is 0 Å². The Morgan fingerprint density at radius 1 is 1.31 bits per heavy atom. The summed E-state index contributed by atoms with van der Waals surface area (Å²) < 4.78 is 0. The molecule has 0 radical (unpaired) electrons. The number of hydrogen-bond donors (Lipinski definition) is 3. The third-order valence-corrected chi connectivity index (χ3v) is 2.52. The van der Waals surface area contributed by atoms with E-state index in [2.05, 4.69) is 15.5 Å². The van der Waals surface area contributed by atoms with E-state index in [4.69, 9.17) is 5.73 Å². The van der Waals surface area contributed by atoms with Crippen LogP contribution in [0.5, 0.6) is 0 Å². The highest BCUT2D eigenvalue weighted by Gasteiger charge is 2.14. The third kappa shape index (κ3) is 1.73. The van der Waals surface area contributed by atoms with E-state index in [1.807, 2.05) is 0 Å². The summed E-state index contributed by atoms with van der Waals surface area (Å²) in [5.74, 6) is 0. The number of aromatic nitrogens is 2. The number of hydrogen-bond acceptors (Lipinski definition) is 3. The summed E-state index contributed by atoms with van der Waals surface area (Å²) in [6.07, 6.45) is 3.04. The smallest absolute Gasteiger partial charge is 0.0670 e. The lowest BCUT2D eigenvalue weighted by Gasteiger charge is -1.99. The number of H-pyrrole nitrogens is 1. The van der Waals surface area contributed by atoms with Gasteiger partial charge in [-0.05, 0) is 25.1 Å². The number of rotatable bonds is 2. The standard InChI is InChI=1S/C9H16N4/c10-4-1-8-7-2-5-11-6-3-9(7)13-12-8/h11H,1-6,10H2,(H,12,13). The van der Waals surface area contributed by atoms with Crippen LogP contribution in [-0.4, -0.2) is 29.8 Å². The van der Waals surface area contributed by atoms with Crippen LogP contribution in [0.2, 0.25) is 0 Å². The van der Waals surface area contributed by atoms with Gasteiger partial charge >= 0.3 is 0 Å². The molecule has 0 aliphatic carbocycles. The number of aromatic amines is 1. The highest BCUT2D eigenvalue weighted by atomic mass is 15.1. The van der Waals surface area contributed by atoms with E-state index in [0.717, 1.165) is 32.4 Å². The van der Waals surface area contributed by atoms with Crippen molar-refractivity contribution >= 4 is 0 Å². The van der Waals surface area contributed by atoms with Crippen LogP contribution in [0, 0.1) is 0 Å². The van der Waals surface area contributed by atoms with Gasteiger partial charge in [0.1, 0.15) is 0 Å². The third-order valence-electron chi connectivity index (χ3n) is 2.52. The molecule has 0 amide bonds. The molecule has 1 aromatic rings. The minimum Gasteiger partial charge on any atom is -0.330 e. The summed E-state index contributed by atoms with van der Waals surface area (Å²) in [6, 6.07) is 0. The van der Waals surface area contributed by atoms with Crippen LogP contribution >= 0.6 is 0 Å². The maximum absolute atomic E-state index is 5.52. The van der Waals surface area contributed by atoms with Gasteiger partial charge in [-0.15, -0.1) is 0 Å². The Morgan fingerprint density at radius 2 is 2.15 bits per heavy atom. The molecule has 4 nitrogen and oxygen atoms in total. The second kappa shape index (κ2) is 3.89. The van der Waals surface area contributed by atoms with Gasteiger partial charge in [-0.25, -0.2) is 0 Å². The van der Waals surface area contributed by atoms with Crippen LogP contribution in [0.15, 0.2) is 0 Å². The van der Waals surface area contributed by atoms with E-state index < -0.39 is 0 Å². The zero-order valence-electron chi connectivity index (χ0n) is 7.77. The number of nitrogens with two attached hydrogens (primary N) is 1. The van der Waals surface area contributed by atoms with Crippen molar-refractivity contribution in [3.63, 3.8) is 0 Å². The predicted octanol–water partition coefficient (Wildman–Crippen LogP) is -0.401. The van der Waals surface area contributed by atoms with Gasteiger partial charge < -0.3 is 11.1 Å².